The minimum absolute atomic E-state index is 0.125. The van der Waals surface area contributed by atoms with Gasteiger partial charge in [0, 0.05) is 12.2 Å². The zero-order valence-electron chi connectivity index (χ0n) is 19.1. The number of anilines is 1. The summed E-state index contributed by atoms with van der Waals surface area (Å²) in [4.78, 5) is 19.6. The predicted octanol–water partition coefficient (Wildman–Crippen LogP) is 6.49. The lowest BCUT2D eigenvalue weighted by atomic mass is 10.1. The number of nitrogens with zero attached hydrogens (tertiary/aromatic N) is 2. The van der Waals surface area contributed by atoms with E-state index in [0.29, 0.717) is 12.4 Å². The molecule has 1 aliphatic rings. The van der Waals surface area contributed by atoms with Crippen molar-refractivity contribution in [2.24, 2.45) is 0 Å². The molecule has 4 aromatic rings. The molecular formula is C27H27N3O3. The van der Waals surface area contributed by atoms with E-state index in [4.69, 9.17) is 14.1 Å². The first-order valence-electron chi connectivity index (χ1n) is 11.2. The normalized spacial score (nSPS) is 15.7. The second kappa shape index (κ2) is 8.62. The molecule has 1 aromatic heterocycles. The van der Waals surface area contributed by atoms with Crippen LogP contribution in [0.4, 0.5) is 10.5 Å². The van der Waals surface area contributed by atoms with Crippen molar-refractivity contribution in [2.75, 3.05) is 19.0 Å². The van der Waals surface area contributed by atoms with Crippen molar-refractivity contribution in [3.05, 3.63) is 77.7 Å². The monoisotopic (exact) mass is 441 g/mol. The maximum Gasteiger partial charge on any atom is 0.322 e. The molecule has 0 radical (unpaired) electrons. The van der Waals surface area contributed by atoms with Crippen LogP contribution in [0.1, 0.15) is 35.9 Å². The average Bonchev–Trinajstić information content (AvgIpc) is 3.48. The number of ether oxygens (including phenoxy) is 1. The highest BCUT2D eigenvalue weighted by Gasteiger charge is 2.33. The van der Waals surface area contributed by atoms with Crippen LogP contribution in [0, 0.1) is 13.8 Å². The number of amides is 2. The summed E-state index contributed by atoms with van der Waals surface area (Å²) in [6, 6.07) is 19.6. The van der Waals surface area contributed by atoms with E-state index >= 15 is 0 Å². The standard InChI is InChI=1S/C27H27N3O3/c1-17-9-11-21(14-18(17)2)28-27(31)30-13-5-8-24(30)26-29-23-16-20(10-12-25(23)33-26)19-6-4-7-22(15-19)32-3/h4,6-7,9-12,14-16,24H,5,8,13H2,1-3H3,(H,28,31). The summed E-state index contributed by atoms with van der Waals surface area (Å²) in [6.45, 7) is 4.78. The molecule has 0 aliphatic carbocycles. The second-order valence-corrected chi connectivity index (χ2v) is 8.55. The molecule has 168 valence electrons. The van der Waals surface area contributed by atoms with Gasteiger partial charge in [0.1, 0.15) is 17.3 Å². The SMILES string of the molecule is COc1cccc(-c2ccc3oc(C4CCCN4C(=O)Nc4ccc(C)c(C)c4)nc3c2)c1. The number of hydrogen-bond donors (Lipinski definition) is 1. The second-order valence-electron chi connectivity index (χ2n) is 8.55. The van der Waals surface area contributed by atoms with Crippen LogP contribution in [0.15, 0.2) is 65.1 Å². The van der Waals surface area contributed by atoms with Crippen molar-refractivity contribution in [3.63, 3.8) is 0 Å². The fourth-order valence-electron chi connectivity index (χ4n) is 4.35. The summed E-state index contributed by atoms with van der Waals surface area (Å²) in [5, 5.41) is 3.03. The lowest BCUT2D eigenvalue weighted by Crippen LogP contribution is -2.34. The average molecular weight is 442 g/mol. The van der Waals surface area contributed by atoms with Gasteiger partial charge in [-0.2, -0.15) is 0 Å². The topological polar surface area (TPSA) is 67.6 Å². The molecule has 6 heteroatoms. The van der Waals surface area contributed by atoms with E-state index in [-0.39, 0.29) is 12.1 Å². The van der Waals surface area contributed by atoms with Crippen LogP contribution >= 0.6 is 0 Å². The van der Waals surface area contributed by atoms with Gasteiger partial charge < -0.3 is 19.4 Å². The number of aryl methyl sites for hydroxylation is 2. The maximum absolute atomic E-state index is 13.0. The first-order chi connectivity index (χ1) is 16.0. The summed E-state index contributed by atoms with van der Waals surface area (Å²) in [6.07, 6.45) is 1.74. The molecule has 2 amide bonds. The molecule has 6 nitrogen and oxygen atoms in total. The highest BCUT2D eigenvalue weighted by Crippen LogP contribution is 2.35. The van der Waals surface area contributed by atoms with E-state index in [2.05, 4.69) is 12.2 Å². The number of urea groups is 1. The third kappa shape index (κ3) is 4.16. The smallest absolute Gasteiger partial charge is 0.322 e. The van der Waals surface area contributed by atoms with Gasteiger partial charge in [0.15, 0.2) is 5.58 Å². The molecule has 1 atom stereocenters. The lowest BCUT2D eigenvalue weighted by molar-refractivity contribution is 0.199. The summed E-state index contributed by atoms with van der Waals surface area (Å²) in [5.74, 6) is 1.39. The fourth-order valence-corrected chi connectivity index (χ4v) is 4.35. The number of likely N-dealkylation sites (tertiary alicyclic amines) is 1. The molecule has 1 saturated heterocycles. The predicted molar refractivity (Wildman–Crippen MR) is 130 cm³/mol. The molecule has 1 fully saturated rings. The van der Waals surface area contributed by atoms with Crippen LogP contribution in [0.3, 0.4) is 0 Å². The van der Waals surface area contributed by atoms with Crippen LogP contribution in [0.5, 0.6) is 5.75 Å². The third-order valence-corrected chi connectivity index (χ3v) is 6.36. The Labute approximate surface area is 193 Å². The maximum atomic E-state index is 13.0. The highest BCUT2D eigenvalue weighted by atomic mass is 16.5. The Morgan fingerprint density at radius 2 is 1.91 bits per heavy atom. The summed E-state index contributed by atoms with van der Waals surface area (Å²) in [7, 11) is 1.66. The largest absolute Gasteiger partial charge is 0.497 e. The molecule has 33 heavy (non-hydrogen) atoms. The van der Waals surface area contributed by atoms with Crippen molar-refractivity contribution >= 4 is 22.8 Å². The number of rotatable bonds is 4. The van der Waals surface area contributed by atoms with E-state index in [0.717, 1.165) is 52.1 Å². The Balaban J connectivity index is 1.39. The van der Waals surface area contributed by atoms with Crippen LogP contribution < -0.4 is 10.1 Å². The fraction of sp³-hybridized carbons (Fsp3) is 0.259. The number of aromatic nitrogens is 1. The van der Waals surface area contributed by atoms with Crippen molar-refractivity contribution in [1.82, 2.24) is 9.88 Å². The van der Waals surface area contributed by atoms with Gasteiger partial charge in [-0.3, -0.25) is 0 Å². The Kier molecular flexibility index (Phi) is 5.50. The quantitative estimate of drug-likeness (QED) is 0.393. The van der Waals surface area contributed by atoms with E-state index in [1.54, 1.807) is 7.11 Å². The van der Waals surface area contributed by atoms with E-state index in [1.165, 1.54) is 5.56 Å². The summed E-state index contributed by atoms with van der Waals surface area (Å²) >= 11 is 0. The van der Waals surface area contributed by atoms with Gasteiger partial charge in [-0.05, 0) is 85.3 Å². The van der Waals surface area contributed by atoms with Crippen LogP contribution in [0.2, 0.25) is 0 Å². The van der Waals surface area contributed by atoms with Crippen molar-refractivity contribution in [2.45, 2.75) is 32.7 Å². The van der Waals surface area contributed by atoms with Crippen LogP contribution in [-0.4, -0.2) is 29.6 Å². The first-order valence-corrected chi connectivity index (χ1v) is 11.2. The lowest BCUT2D eigenvalue weighted by Gasteiger charge is -2.22. The number of nitrogens with one attached hydrogen (secondary N) is 1. The highest BCUT2D eigenvalue weighted by molar-refractivity contribution is 5.90. The van der Waals surface area contributed by atoms with Gasteiger partial charge in [0.05, 0.1) is 7.11 Å². The molecule has 3 aromatic carbocycles. The number of carbonyl (C=O) groups excluding carboxylic acids is 1. The molecule has 5 rings (SSSR count). The summed E-state index contributed by atoms with van der Waals surface area (Å²) < 4.78 is 11.4. The number of carbonyl (C=O) groups is 1. The summed E-state index contributed by atoms with van der Waals surface area (Å²) in [5.41, 5.74) is 6.75. The van der Waals surface area contributed by atoms with Gasteiger partial charge in [0.2, 0.25) is 5.89 Å². The zero-order valence-corrected chi connectivity index (χ0v) is 19.1. The Bertz CT molecular complexity index is 1330. The van der Waals surface area contributed by atoms with E-state index < -0.39 is 0 Å². The first kappa shape index (κ1) is 21.1. The minimum atomic E-state index is -0.177. The molecule has 1 N–H and O–H groups in total. The number of fused-ring (bicyclic) bond motifs is 1. The van der Waals surface area contributed by atoms with Gasteiger partial charge in [-0.25, -0.2) is 9.78 Å². The minimum Gasteiger partial charge on any atom is -0.497 e. The van der Waals surface area contributed by atoms with Gasteiger partial charge in [0.25, 0.3) is 0 Å². The van der Waals surface area contributed by atoms with Gasteiger partial charge in [-0.15, -0.1) is 0 Å². The van der Waals surface area contributed by atoms with E-state index in [9.17, 15) is 4.79 Å². The van der Waals surface area contributed by atoms with Gasteiger partial charge >= 0.3 is 6.03 Å². The number of benzene rings is 3. The van der Waals surface area contributed by atoms with Gasteiger partial charge in [-0.1, -0.05) is 24.3 Å². The zero-order chi connectivity index (χ0) is 22.9. The van der Waals surface area contributed by atoms with E-state index in [1.807, 2.05) is 72.5 Å². The van der Waals surface area contributed by atoms with Crippen molar-refractivity contribution in [3.8, 4) is 16.9 Å². The molecule has 1 aliphatic heterocycles. The number of methoxy groups -OCH3 is 1. The van der Waals surface area contributed by atoms with Crippen molar-refractivity contribution < 1.29 is 13.9 Å². The third-order valence-electron chi connectivity index (χ3n) is 6.36. The molecule has 0 bridgehead atoms. The molecule has 0 spiro atoms. The molecule has 2 heterocycles. The number of oxazole rings is 1. The molecule has 1 unspecified atom stereocenters. The Morgan fingerprint density at radius 3 is 2.73 bits per heavy atom. The molecular weight excluding hydrogens is 414 g/mol. The Hall–Kier alpha value is -3.80. The number of hydrogen-bond acceptors (Lipinski definition) is 4. The molecule has 0 saturated carbocycles. The van der Waals surface area contributed by atoms with Crippen molar-refractivity contribution in [1.29, 1.82) is 0 Å². The van der Waals surface area contributed by atoms with Crippen LogP contribution in [0.25, 0.3) is 22.2 Å². The van der Waals surface area contributed by atoms with Crippen LogP contribution in [-0.2, 0) is 0 Å². The Morgan fingerprint density at radius 1 is 1.06 bits per heavy atom.